The van der Waals surface area contributed by atoms with E-state index in [4.69, 9.17) is 5.73 Å². The predicted molar refractivity (Wildman–Crippen MR) is 90.9 cm³/mol. The van der Waals surface area contributed by atoms with Crippen LogP contribution in [0.25, 0.3) is 0 Å². The summed E-state index contributed by atoms with van der Waals surface area (Å²) in [6, 6.07) is 4.92. The third-order valence-electron chi connectivity index (χ3n) is 4.73. The Labute approximate surface area is 138 Å². The van der Waals surface area contributed by atoms with Crippen molar-refractivity contribution < 1.29 is 13.2 Å². The van der Waals surface area contributed by atoms with E-state index in [0.29, 0.717) is 25.8 Å². The molecule has 2 rings (SSSR count). The molecule has 1 amide bonds. The number of carbonyl (C=O) groups is 1. The van der Waals surface area contributed by atoms with Gasteiger partial charge in [-0.15, -0.1) is 0 Å². The van der Waals surface area contributed by atoms with Gasteiger partial charge in [0.15, 0.2) is 0 Å². The van der Waals surface area contributed by atoms with Crippen LogP contribution in [-0.2, 0) is 21.2 Å². The SMILES string of the molecule is CCC(CC)(CN)NS(=O)(=O)c1ccc2c(c1)CCN2C(C)=O. The van der Waals surface area contributed by atoms with E-state index in [1.807, 2.05) is 13.8 Å². The third-order valence-corrected chi connectivity index (χ3v) is 6.31. The van der Waals surface area contributed by atoms with Crippen LogP contribution in [0.15, 0.2) is 23.1 Å². The van der Waals surface area contributed by atoms with E-state index in [1.54, 1.807) is 23.1 Å². The summed E-state index contributed by atoms with van der Waals surface area (Å²) < 4.78 is 28.1. The van der Waals surface area contributed by atoms with Crippen LogP contribution in [0.2, 0.25) is 0 Å². The minimum absolute atomic E-state index is 0.0309. The quantitative estimate of drug-likeness (QED) is 0.819. The average molecular weight is 339 g/mol. The molecule has 0 radical (unpaired) electrons. The Bertz CT molecular complexity index is 688. The summed E-state index contributed by atoms with van der Waals surface area (Å²) in [7, 11) is -3.65. The van der Waals surface area contributed by atoms with Crippen LogP contribution in [0.4, 0.5) is 5.69 Å². The lowest BCUT2D eigenvalue weighted by Crippen LogP contribution is -2.52. The second-order valence-electron chi connectivity index (χ2n) is 6.01. The van der Waals surface area contributed by atoms with Crippen LogP contribution < -0.4 is 15.4 Å². The summed E-state index contributed by atoms with van der Waals surface area (Å²) in [6.07, 6.45) is 1.92. The third kappa shape index (κ3) is 3.41. The van der Waals surface area contributed by atoms with Crippen molar-refractivity contribution >= 4 is 21.6 Å². The summed E-state index contributed by atoms with van der Waals surface area (Å²) in [6.45, 7) is 6.21. The molecule has 1 aromatic carbocycles. The van der Waals surface area contributed by atoms with Crippen LogP contribution in [0.1, 0.15) is 39.2 Å². The second kappa shape index (κ2) is 6.59. The summed E-state index contributed by atoms with van der Waals surface area (Å²) in [5, 5.41) is 0. The van der Waals surface area contributed by atoms with Crippen molar-refractivity contribution in [1.82, 2.24) is 4.72 Å². The van der Waals surface area contributed by atoms with Crippen molar-refractivity contribution in [2.24, 2.45) is 5.73 Å². The van der Waals surface area contributed by atoms with Gasteiger partial charge >= 0.3 is 0 Å². The minimum atomic E-state index is -3.65. The van der Waals surface area contributed by atoms with E-state index in [0.717, 1.165) is 11.3 Å². The molecule has 1 aromatic rings. The van der Waals surface area contributed by atoms with E-state index in [9.17, 15) is 13.2 Å². The molecule has 7 heteroatoms. The Kier molecular flexibility index (Phi) is 5.13. The summed E-state index contributed by atoms with van der Waals surface area (Å²) in [5.41, 5.74) is 6.85. The highest BCUT2D eigenvalue weighted by Crippen LogP contribution is 2.30. The lowest BCUT2D eigenvalue weighted by atomic mass is 9.95. The van der Waals surface area contributed by atoms with Crippen molar-refractivity contribution in [3.63, 3.8) is 0 Å². The lowest BCUT2D eigenvalue weighted by Gasteiger charge is -2.31. The molecule has 0 aromatic heterocycles. The van der Waals surface area contributed by atoms with E-state index >= 15 is 0 Å². The van der Waals surface area contributed by atoms with Gasteiger partial charge in [0.1, 0.15) is 0 Å². The highest BCUT2D eigenvalue weighted by molar-refractivity contribution is 7.89. The number of nitrogens with zero attached hydrogens (tertiary/aromatic N) is 1. The summed E-state index contributed by atoms with van der Waals surface area (Å²) in [5.74, 6) is -0.0309. The van der Waals surface area contributed by atoms with Gasteiger partial charge in [0.2, 0.25) is 15.9 Å². The normalized spacial score (nSPS) is 14.9. The van der Waals surface area contributed by atoms with Gasteiger partial charge in [-0.05, 0) is 43.0 Å². The molecular weight excluding hydrogens is 314 g/mol. The predicted octanol–water partition coefficient (Wildman–Crippen LogP) is 1.39. The van der Waals surface area contributed by atoms with Gasteiger partial charge in [-0.25, -0.2) is 13.1 Å². The van der Waals surface area contributed by atoms with Gasteiger partial charge in [-0.3, -0.25) is 4.79 Å². The molecule has 1 aliphatic rings. The Morgan fingerprint density at radius 3 is 2.52 bits per heavy atom. The van der Waals surface area contributed by atoms with Crippen molar-refractivity contribution in [1.29, 1.82) is 0 Å². The van der Waals surface area contributed by atoms with Crippen molar-refractivity contribution in [2.45, 2.75) is 50.5 Å². The molecule has 128 valence electrons. The molecule has 1 aliphatic heterocycles. The average Bonchev–Trinajstić information content (AvgIpc) is 2.96. The fourth-order valence-corrected chi connectivity index (χ4v) is 4.55. The number of nitrogens with two attached hydrogens (primary N) is 1. The van der Waals surface area contributed by atoms with Gasteiger partial charge in [-0.1, -0.05) is 13.8 Å². The van der Waals surface area contributed by atoms with Crippen molar-refractivity contribution in [3.05, 3.63) is 23.8 Å². The van der Waals surface area contributed by atoms with Gasteiger partial charge in [-0.2, -0.15) is 0 Å². The molecule has 3 N–H and O–H groups in total. The number of amides is 1. The highest BCUT2D eigenvalue weighted by atomic mass is 32.2. The maximum atomic E-state index is 12.7. The molecule has 0 fully saturated rings. The fourth-order valence-electron chi connectivity index (χ4n) is 2.94. The number of carbonyl (C=O) groups excluding carboxylic acids is 1. The minimum Gasteiger partial charge on any atom is -0.329 e. The Morgan fingerprint density at radius 2 is 2.00 bits per heavy atom. The topological polar surface area (TPSA) is 92.5 Å². The van der Waals surface area contributed by atoms with Crippen LogP contribution in [-0.4, -0.2) is 33.0 Å². The molecule has 0 unspecified atom stereocenters. The first kappa shape index (κ1) is 17.9. The van der Waals surface area contributed by atoms with E-state index in [2.05, 4.69) is 4.72 Å². The molecule has 6 nitrogen and oxygen atoms in total. The van der Waals surface area contributed by atoms with Gasteiger partial charge < -0.3 is 10.6 Å². The maximum absolute atomic E-state index is 12.7. The molecule has 0 saturated carbocycles. The molecule has 0 aliphatic carbocycles. The number of nitrogens with one attached hydrogen (secondary N) is 1. The summed E-state index contributed by atoms with van der Waals surface area (Å²) >= 11 is 0. The van der Waals surface area contributed by atoms with E-state index < -0.39 is 15.6 Å². The van der Waals surface area contributed by atoms with Crippen LogP contribution in [0.3, 0.4) is 0 Å². The largest absolute Gasteiger partial charge is 0.329 e. The Hall–Kier alpha value is -1.44. The highest BCUT2D eigenvalue weighted by Gasteiger charge is 2.32. The number of rotatable bonds is 6. The molecule has 0 saturated heterocycles. The van der Waals surface area contributed by atoms with E-state index in [-0.39, 0.29) is 17.3 Å². The first-order valence-corrected chi connectivity index (χ1v) is 9.42. The van der Waals surface area contributed by atoms with Crippen molar-refractivity contribution in [2.75, 3.05) is 18.0 Å². The van der Waals surface area contributed by atoms with Crippen LogP contribution in [0, 0.1) is 0 Å². The molecule has 0 bridgehead atoms. The molecular formula is C16H25N3O3S. The Morgan fingerprint density at radius 1 is 1.35 bits per heavy atom. The lowest BCUT2D eigenvalue weighted by molar-refractivity contribution is -0.116. The Balaban J connectivity index is 2.34. The van der Waals surface area contributed by atoms with Gasteiger partial charge in [0.25, 0.3) is 0 Å². The number of anilines is 1. The number of benzene rings is 1. The molecule has 23 heavy (non-hydrogen) atoms. The summed E-state index contributed by atoms with van der Waals surface area (Å²) in [4.78, 5) is 13.5. The monoisotopic (exact) mass is 339 g/mol. The van der Waals surface area contributed by atoms with Crippen molar-refractivity contribution in [3.8, 4) is 0 Å². The molecule has 1 heterocycles. The fraction of sp³-hybridized carbons (Fsp3) is 0.562. The molecule has 0 spiro atoms. The van der Waals surface area contributed by atoms with Gasteiger partial charge in [0, 0.05) is 31.2 Å². The zero-order valence-electron chi connectivity index (χ0n) is 13.9. The first-order valence-electron chi connectivity index (χ1n) is 7.93. The number of fused-ring (bicyclic) bond motifs is 1. The maximum Gasteiger partial charge on any atom is 0.241 e. The van der Waals surface area contributed by atoms with Crippen LogP contribution >= 0.6 is 0 Å². The zero-order valence-corrected chi connectivity index (χ0v) is 14.7. The number of hydrogen-bond acceptors (Lipinski definition) is 4. The van der Waals surface area contributed by atoms with Gasteiger partial charge in [0.05, 0.1) is 4.90 Å². The first-order chi connectivity index (χ1) is 10.8. The van der Waals surface area contributed by atoms with Crippen LogP contribution in [0.5, 0.6) is 0 Å². The van der Waals surface area contributed by atoms with E-state index in [1.165, 1.54) is 6.92 Å². The number of sulfonamides is 1. The molecule has 0 atom stereocenters. The second-order valence-corrected chi connectivity index (χ2v) is 7.69. The smallest absolute Gasteiger partial charge is 0.241 e. The zero-order chi connectivity index (χ0) is 17.3. The standard InChI is InChI=1S/C16H25N3O3S/c1-4-16(5-2,11-17)18-23(21,22)14-6-7-15-13(10-14)8-9-19(15)12(3)20/h6-7,10,18H,4-5,8-9,11,17H2,1-3H3. The number of hydrogen-bond donors (Lipinski definition) is 2.